The van der Waals surface area contributed by atoms with Crippen LogP contribution in [0.2, 0.25) is 0 Å². The molecule has 2 fully saturated rings. The molecule has 0 aromatic carbocycles. The number of hydrogen-bond donors (Lipinski definition) is 0. The molecule has 0 aromatic rings. The number of rotatable bonds is 1. The summed E-state index contributed by atoms with van der Waals surface area (Å²) in [5, 5.41) is 0. The topological polar surface area (TPSA) is 0 Å². The van der Waals surface area contributed by atoms with E-state index in [-0.39, 0.29) is 0 Å². The molecule has 2 rings (SSSR count). The van der Waals surface area contributed by atoms with Crippen LogP contribution in [0.15, 0.2) is 0 Å². The fourth-order valence-corrected chi connectivity index (χ4v) is 8.30. The summed E-state index contributed by atoms with van der Waals surface area (Å²) in [7, 11) is 0. The van der Waals surface area contributed by atoms with Crippen LogP contribution in [0.1, 0.15) is 12.8 Å². The lowest BCUT2D eigenvalue weighted by Crippen LogP contribution is -2.21. The SMILES string of the molecule is C1CSC(C2SCCCS2)SC1. The van der Waals surface area contributed by atoms with Gasteiger partial charge in [0.05, 0.1) is 9.16 Å². The zero-order valence-corrected chi connectivity index (χ0v) is 10.3. The summed E-state index contributed by atoms with van der Waals surface area (Å²) in [6.07, 6.45) is 2.85. The van der Waals surface area contributed by atoms with Gasteiger partial charge in [-0.1, -0.05) is 0 Å². The van der Waals surface area contributed by atoms with Crippen LogP contribution in [-0.4, -0.2) is 32.2 Å². The molecule has 0 aromatic heterocycles. The Balaban J connectivity index is 1.80. The van der Waals surface area contributed by atoms with E-state index in [1.165, 1.54) is 35.9 Å². The lowest BCUT2D eigenvalue weighted by atomic mass is 10.6. The van der Waals surface area contributed by atoms with Crippen molar-refractivity contribution in [2.24, 2.45) is 0 Å². The van der Waals surface area contributed by atoms with E-state index in [9.17, 15) is 0 Å². The van der Waals surface area contributed by atoms with E-state index >= 15 is 0 Å². The fraction of sp³-hybridized carbons (Fsp3) is 1.00. The maximum Gasteiger partial charge on any atom is 0.0712 e. The van der Waals surface area contributed by atoms with Crippen molar-refractivity contribution in [2.45, 2.75) is 22.0 Å². The van der Waals surface area contributed by atoms with Crippen LogP contribution >= 0.6 is 47.0 Å². The molecule has 0 amide bonds. The second-order valence-corrected chi connectivity index (χ2v) is 8.52. The van der Waals surface area contributed by atoms with Crippen LogP contribution in [0.25, 0.3) is 0 Å². The van der Waals surface area contributed by atoms with Crippen molar-refractivity contribution < 1.29 is 0 Å². The molecule has 2 heterocycles. The smallest absolute Gasteiger partial charge is 0.0712 e. The van der Waals surface area contributed by atoms with E-state index in [4.69, 9.17) is 0 Å². The van der Waals surface area contributed by atoms with E-state index in [2.05, 4.69) is 47.0 Å². The first-order valence-corrected chi connectivity index (χ1v) is 8.63. The molecule has 0 N–H and O–H groups in total. The van der Waals surface area contributed by atoms with Gasteiger partial charge in [-0.2, -0.15) is 0 Å². The quantitative estimate of drug-likeness (QED) is 0.686. The molecular weight excluding hydrogens is 224 g/mol. The highest BCUT2D eigenvalue weighted by molar-refractivity contribution is 8.24. The van der Waals surface area contributed by atoms with Crippen LogP contribution in [0.5, 0.6) is 0 Å². The minimum Gasteiger partial charge on any atom is -0.146 e. The molecule has 0 radical (unpaired) electrons. The van der Waals surface area contributed by atoms with Gasteiger partial charge in [-0.25, -0.2) is 0 Å². The van der Waals surface area contributed by atoms with E-state index in [1.54, 1.807) is 0 Å². The van der Waals surface area contributed by atoms with Gasteiger partial charge in [-0.3, -0.25) is 0 Å². The molecule has 0 unspecified atom stereocenters. The summed E-state index contributed by atoms with van der Waals surface area (Å²) in [5.41, 5.74) is 0. The lowest BCUT2D eigenvalue weighted by Gasteiger charge is -2.30. The van der Waals surface area contributed by atoms with Crippen molar-refractivity contribution in [3.63, 3.8) is 0 Å². The maximum absolute atomic E-state index is 2.19. The Hall–Kier alpha value is 1.40. The molecule has 0 saturated carbocycles. The fourth-order valence-electron chi connectivity index (χ4n) is 1.33. The average Bonchev–Trinajstić information content (AvgIpc) is 2.21. The molecule has 0 atom stereocenters. The number of thioether (sulfide) groups is 4. The van der Waals surface area contributed by atoms with Crippen molar-refractivity contribution in [3.8, 4) is 0 Å². The maximum atomic E-state index is 2.19. The number of hydrogen-bond acceptors (Lipinski definition) is 4. The van der Waals surface area contributed by atoms with Crippen molar-refractivity contribution in [1.29, 1.82) is 0 Å². The highest BCUT2D eigenvalue weighted by atomic mass is 32.2. The molecule has 12 heavy (non-hydrogen) atoms. The Bertz CT molecular complexity index is 111. The van der Waals surface area contributed by atoms with Crippen molar-refractivity contribution in [2.75, 3.05) is 23.0 Å². The summed E-state index contributed by atoms with van der Waals surface area (Å²) >= 11 is 8.76. The Morgan fingerprint density at radius 3 is 1.25 bits per heavy atom. The molecule has 4 heteroatoms. The minimum absolute atomic E-state index is 0.897. The van der Waals surface area contributed by atoms with Crippen LogP contribution in [0, 0.1) is 0 Å². The lowest BCUT2D eigenvalue weighted by molar-refractivity contribution is 1.07. The molecule has 2 saturated heterocycles. The van der Waals surface area contributed by atoms with Gasteiger partial charge in [0, 0.05) is 0 Å². The Kier molecular flexibility index (Phi) is 4.41. The molecule has 0 nitrogen and oxygen atoms in total. The summed E-state index contributed by atoms with van der Waals surface area (Å²) in [6, 6.07) is 0. The third-order valence-electron chi connectivity index (χ3n) is 1.93. The first-order valence-electron chi connectivity index (χ1n) is 4.43. The predicted molar refractivity (Wildman–Crippen MR) is 66.6 cm³/mol. The molecule has 0 bridgehead atoms. The third-order valence-corrected chi connectivity index (χ3v) is 8.75. The Morgan fingerprint density at radius 2 is 0.917 bits per heavy atom. The molecule has 0 aliphatic carbocycles. The first kappa shape index (κ1) is 9.94. The van der Waals surface area contributed by atoms with E-state index in [1.807, 2.05) is 0 Å². The molecular formula is C8H14S4. The van der Waals surface area contributed by atoms with Gasteiger partial charge < -0.3 is 0 Å². The van der Waals surface area contributed by atoms with Crippen LogP contribution < -0.4 is 0 Å². The highest BCUT2D eigenvalue weighted by Gasteiger charge is 2.27. The van der Waals surface area contributed by atoms with Gasteiger partial charge >= 0.3 is 0 Å². The van der Waals surface area contributed by atoms with Gasteiger partial charge in [0.15, 0.2) is 0 Å². The average molecular weight is 238 g/mol. The van der Waals surface area contributed by atoms with Crippen LogP contribution in [0.3, 0.4) is 0 Å². The predicted octanol–water partition coefficient (Wildman–Crippen LogP) is 3.38. The molecule has 2 aliphatic heterocycles. The van der Waals surface area contributed by atoms with Gasteiger partial charge in [-0.05, 0) is 35.9 Å². The van der Waals surface area contributed by atoms with Crippen molar-refractivity contribution in [1.82, 2.24) is 0 Å². The van der Waals surface area contributed by atoms with Crippen LogP contribution in [-0.2, 0) is 0 Å². The summed E-state index contributed by atoms with van der Waals surface area (Å²) in [5.74, 6) is 5.59. The molecule has 70 valence electrons. The van der Waals surface area contributed by atoms with Gasteiger partial charge in [-0.15, -0.1) is 47.0 Å². The van der Waals surface area contributed by atoms with Crippen LogP contribution in [0.4, 0.5) is 0 Å². The molecule has 2 aliphatic rings. The summed E-state index contributed by atoms with van der Waals surface area (Å²) in [6.45, 7) is 0. The second kappa shape index (κ2) is 5.32. The summed E-state index contributed by atoms with van der Waals surface area (Å²) < 4.78 is 1.79. The van der Waals surface area contributed by atoms with E-state index in [0.29, 0.717) is 0 Å². The van der Waals surface area contributed by atoms with Crippen molar-refractivity contribution in [3.05, 3.63) is 0 Å². The van der Waals surface area contributed by atoms with Gasteiger partial charge in [0.25, 0.3) is 0 Å². The normalized spacial score (nSPS) is 29.0. The third kappa shape index (κ3) is 2.69. The van der Waals surface area contributed by atoms with Gasteiger partial charge in [0.2, 0.25) is 0 Å². The van der Waals surface area contributed by atoms with E-state index < -0.39 is 0 Å². The zero-order chi connectivity index (χ0) is 8.23. The molecule has 0 spiro atoms. The monoisotopic (exact) mass is 238 g/mol. The Labute approximate surface area is 91.8 Å². The minimum atomic E-state index is 0.897. The van der Waals surface area contributed by atoms with Gasteiger partial charge in [0.1, 0.15) is 0 Å². The highest BCUT2D eigenvalue weighted by Crippen LogP contribution is 2.44. The van der Waals surface area contributed by atoms with Crippen molar-refractivity contribution >= 4 is 47.0 Å². The second-order valence-electron chi connectivity index (χ2n) is 2.93. The Morgan fingerprint density at radius 1 is 0.583 bits per heavy atom. The standard InChI is InChI=1S/C8H14S4/c1-3-9-7(10-4-1)8-11-5-2-6-12-8/h7-8H,1-6H2. The summed E-state index contributed by atoms with van der Waals surface area (Å²) in [4.78, 5) is 0. The first-order chi connectivity index (χ1) is 5.97. The largest absolute Gasteiger partial charge is 0.146 e. The van der Waals surface area contributed by atoms with E-state index in [0.717, 1.165) is 9.16 Å². The zero-order valence-electron chi connectivity index (χ0n) is 7.03.